The van der Waals surface area contributed by atoms with E-state index in [-0.39, 0.29) is 5.91 Å². The third kappa shape index (κ3) is 5.11. The Balaban J connectivity index is 1.81. The summed E-state index contributed by atoms with van der Waals surface area (Å²) in [6.07, 6.45) is 9.42. The summed E-state index contributed by atoms with van der Waals surface area (Å²) in [6, 6.07) is 0. The summed E-state index contributed by atoms with van der Waals surface area (Å²) in [5.41, 5.74) is 1.25. The first-order valence-electron chi connectivity index (χ1n) is 8.59. The highest BCUT2D eigenvalue weighted by molar-refractivity contribution is 5.80. The van der Waals surface area contributed by atoms with E-state index in [9.17, 15) is 4.79 Å². The van der Waals surface area contributed by atoms with Crippen LogP contribution in [0.1, 0.15) is 45.4 Å². The van der Waals surface area contributed by atoms with E-state index in [1.165, 1.54) is 31.4 Å². The van der Waals surface area contributed by atoms with Crippen LogP contribution in [0.5, 0.6) is 0 Å². The summed E-state index contributed by atoms with van der Waals surface area (Å²) in [5, 5.41) is 3.40. The molecule has 0 aromatic rings. The van der Waals surface area contributed by atoms with Crippen molar-refractivity contribution in [1.82, 2.24) is 15.1 Å². The maximum atomic E-state index is 12.6. The standard InChI is InChI=1S/C17H31N3O/c1-3-20(16-7-5-4-6-8-16)17(21)14-19(2)13-15-9-11-18-12-10-15/h7,15,18H,3-6,8-14H2,1-2H3. The fourth-order valence-electron chi connectivity index (χ4n) is 3.49. The van der Waals surface area contributed by atoms with Gasteiger partial charge in [0.1, 0.15) is 0 Å². The second-order valence-electron chi connectivity index (χ2n) is 6.47. The molecule has 1 aliphatic heterocycles. The second-order valence-corrected chi connectivity index (χ2v) is 6.47. The molecule has 1 saturated heterocycles. The molecule has 0 bridgehead atoms. The van der Waals surface area contributed by atoms with Gasteiger partial charge in [0.15, 0.2) is 0 Å². The number of piperidine rings is 1. The van der Waals surface area contributed by atoms with Crippen molar-refractivity contribution in [2.45, 2.75) is 45.4 Å². The van der Waals surface area contributed by atoms with E-state index in [1.54, 1.807) is 0 Å². The molecule has 0 saturated carbocycles. The smallest absolute Gasteiger partial charge is 0.240 e. The fourth-order valence-corrected chi connectivity index (χ4v) is 3.49. The Labute approximate surface area is 129 Å². The molecular weight excluding hydrogens is 262 g/mol. The molecule has 0 aromatic carbocycles. The number of hydrogen-bond acceptors (Lipinski definition) is 3. The molecule has 1 aliphatic carbocycles. The quantitative estimate of drug-likeness (QED) is 0.816. The first-order valence-corrected chi connectivity index (χ1v) is 8.59. The molecule has 1 heterocycles. The topological polar surface area (TPSA) is 35.6 Å². The van der Waals surface area contributed by atoms with Crippen LogP contribution < -0.4 is 5.32 Å². The van der Waals surface area contributed by atoms with Gasteiger partial charge >= 0.3 is 0 Å². The molecule has 120 valence electrons. The second kappa shape index (κ2) is 8.54. The van der Waals surface area contributed by atoms with Gasteiger partial charge in [-0.05, 0) is 71.5 Å². The number of likely N-dealkylation sites (N-methyl/N-ethyl adjacent to an activating group) is 2. The van der Waals surface area contributed by atoms with Crippen LogP contribution in [0.3, 0.4) is 0 Å². The van der Waals surface area contributed by atoms with Crippen LogP contribution in [0, 0.1) is 5.92 Å². The number of rotatable bonds is 6. The van der Waals surface area contributed by atoms with Gasteiger partial charge in [0, 0.05) is 18.8 Å². The van der Waals surface area contributed by atoms with Crippen LogP contribution in [-0.4, -0.2) is 55.5 Å². The summed E-state index contributed by atoms with van der Waals surface area (Å²) in [4.78, 5) is 16.8. The minimum atomic E-state index is 0.266. The van der Waals surface area contributed by atoms with Gasteiger partial charge in [-0.1, -0.05) is 6.08 Å². The molecule has 1 N–H and O–H groups in total. The van der Waals surface area contributed by atoms with Crippen LogP contribution >= 0.6 is 0 Å². The van der Waals surface area contributed by atoms with Crippen LogP contribution in [-0.2, 0) is 4.79 Å². The van der Waals surface area contributed by atoms with Crippen molar-refractivity contribution in [2.75, 3.05) is 39.8 Å². The van der Waals surface area contributed by atoms with E-state index in [4.69, 9.17) is 0 Å². The third-order valence-electron chi connectivity index (χ3n) is 4.66. The predicted octanol–water partition coefficient (Wildman–Crippen LogP) is 2.22. The minimum absolute atomic E-state index is 0.266. The maximum absolute atomic E-state index is 12.6. The lowest BCUT2D eigenvalue weighted by atomic mass is 9.98. The zero-order chi connectivity index (χ0) is 15.1. The number of nitrogens with zero attached hydrogens (tertiary/aromatic N) is 2. The molecule has 0 radical (unpaired) electrons. The molecule has 4 heteroatoms. The van der Waals surface area contributed by atoms with Gasteiger partial charge < -0.3 is 10.2 Å². The van der Waals surface area contributed by atoms with Gasteiger partial charge in [-0.15, -0.1) is 0 Å². The van der Waals surface area contributed by atoms with Crippen molar-refractivity contribution in [2.24, 2.45) is 5.92 Å². The Morgan fingerprint density at radius 3 is 2.71 bits per heavy atom. The average Bonchev–Trinajstić information content (AvgIpc) is 2.50. The molecule has 21 heavy (non-hydrogen) atoms. The van der Waals surface area contributed by atoms with E-state index in [0.29, 0.717) is 6.54 Å². The lowest BCUT2D eigenvalue weighted by Gasteiger charge is -2.30. The van der Waals surface area contributed by atoms with Crippen molar-refractivity contribution in [3.8, 4) is 0 Å². The monoisotopic (exact) mass is 293 g/mol. The average molecular weight is 293 g/mol. The highest BCUT2D eigenvalue weighted by Gasteiger charge is 2.21. The van der Waals surface area contributed by atoms with Gasteiger partial charge in [0.05, 0.1) is 6.54 Å². The zero-order valence-corrected chi connectivity index (χ0v) is 13.7. The summed E-state index contributed by atoms with van der Waals surface area (Å²) < 4.78 is 0. The number of hydrogen-bond donors (Lipinski definition) is 1. The van der Waals surface area contributed by atoms with Crippen LogP contribution in [0.2, 0.25) is 0 Å². The van der Waals surface area contributed by atoms with E-state index in [1.807, 2.05) is 4.90 Å². The third-order valence-corrected chi connectivity index (χ3v) is 4.66. The lowest BCUT2D eigenvalue weighted by molar-refractivity contribution is -0.130. The molecule has 0 atom stereocenters. The zero-order valence-electron chi connectivity index (χ0n) is 13.7. The van der Waals surface area contributed by atoms with Crippen molar-refractivity contribution < 1.29 is 4.79 Å². The Hall–Kier alpha value is -0.870. The van der Waals surface area contributed by atoms with Gasteiger partial charge in [-0.3, -0.25) is 9.69 Å². The van der Waals surface area contributed by atoms with Crippen molar-refractivity contribution >= 4 is 5.91 Å². The Morgan fingerprint density at radius 2 is 2.10 bits per heavy atom. The first kappa shape index (κ1) is 16.5. The highest BCUT2D eigenvalue weighted by atomic mass is 16.2. The summed E-state index contributed by atoms with van der Waals surface area (Å²) in [6.45, 7) is 6.73. The highest BCUT2D eigenvalue weighted by Crippen LogP contribution is 2.21. The van der Waals surface area contributed by atoms with E-state index >= 15 is 0 Å². The molecule has 1 amide bonds. The summed E-state index contributed by atoms with van der Waals surface area (Å²) in [5.74, 6) is 1.01. The van der Waals surface area contributed by atoms with Crippen LogP contribution in [0.15, 0.2) is 11.8 Å². The van der Waals surface area contributed by atoms with Gasteiger partial charge in [0.2, 0.25) is 5.91 Å². The molecule has 0 spiro atoms. The first-order chi connectivity index (χ1) is 10.2. The molecule has 1 fully saturated rings. The van der Waals surface area contributed by atoms with Crippen LogP contribution in [0.4, 0.5) is 0 Å². The normalized spacial score (nSPS) is 20.4. The maximum Gasteiger partial charge on any atom is 0.240 e. The van der Waals surface area contributed by atoms with E-state index in [0.717, 1.165) is 44.9 Å². The number of nitrogens with one attached hydrogen (secondary N) is 1. The number of carbonyl (C=O) groups excluding carboxylic acids is 1. The largest absolute Gasteiger partial charge is 0.317 e. The van der Waals surface area contributed by atoms with Crippen molar-refractivity contribution in [3.05, 3.63) is 11.8 Å². The number of amides is 1. The molecule has 2 rings (SSSR count). The van der Waals surface area contributed by atoms with Gasteiger partial charge in [-0.25, -0.2) is 0 Å². The molecule has 0 unspecified atom stereocenters. The van der Waals surface area contributed by atoms with Gasteiger partial charge in [-0.2, -0.15) is 0 Å². The molecule has 0 aromatic heterocycles. The van der Waals surface area contributed by atoms with Crippen molar-refractivity contribution in [1.29, 1.82) is 0 Å². The molecular formula is C17H31N3O. The van der Waals surface area contributed by atoms with E-state index in [2.05, 4.69) is 30.3 Å². The predicted molar refractivity (Wildman–Crippen MR) is 87.0 cm³/mol. The minimum Gasteiger partial charge on any atom is -0.317 e. The summed E-state index contributed by atoms with van der Waals surface area (Å²) in [7, 11) is 2.09. The van der Waals surface area contributed by atoms with E-state index < -0.39 is 0 Å². The fraction of sp³-hybridized carbons (Fsp3) is 0.824. The molecule has 4 nitrogen and oxygen atoms in total. The SMILES string of the molecule is CCN(C(=O)CN(C)CC1CCNCC1)C1=CCCCC1. The molecule has 2 aliphatic rings. The Kier molecular flexibility index (Phi) is 6.71. The number of carbonyl (C=O) groups is 1. The Morgan fingerprint density at radius 1 is 1.33 bits per heavy atom. The van der Waals surface area contributed by atoms with Crippen LogP contribution in [0.25, 0.3) is 0 Å². The number of allylic oxidation sites excluding steroid dienone is 2. The summed E-state index contributed by atoms with van der Waals surface area (Å²) >= 11 is 0. The lowest BCUT2D eigenvalue weighted by Crippen LogP contribution is -2.41. The Bertz CT molecular complexity index is 361. The van der Waals surface area contributed by atoms with Crippen molar-refractivity contribution in [3.63, 3.8) is 0 Å². The van der Waals surface area contributed by atoms with Gasteiger partial charge in [0.25, 0.3) is 0 Å².